The third kappa shape index (κ3) is 4.78. The molecule has 0 saturated carbocycles. The summed E-state index contributed by atoms with van der Waals surface area (Å²) in [7, 11) is 0. The fourth-order valence-corrected chi connectivity index (χ4v) is 3.66. The summed E-state index contributed by atoms with van der Waals surface area (Å²) < 4.78 is 5.53. The van der Waals surface area contributed by atoms with Crippen molar-refractivity contribution in [1.82, 2.24) is 5.32 Å². The number of thiocarbonyl (C=S) groups is 1. The SMILES string of the molecule is CCCOc1ccc(C(=O)NC(=S)Nc2ccc(N3Cc4ccccc4C3=O)cc2)cc1. The van der Waals surface area contributed by atoms with Gasteiger partial charge in [-0.3, -0.25) is 14.9 Å². The van der Waals surface area contributed by atoms with Gasteiger partial charge in [0.05, 0.1) is 13.2 Å². The Morgan fingerprint density at radius 2 is 1.75 bits per heavy atom. The van der Waals surface area contributed by atoms with Crippen molar-refractivity contribution in [2.75, 3.05) is 16.8 Å². The second-order valence-electron chi connectivity index (χ2n) is 7.38. The smallest absolute Gasteiger partial charge is 0.258 e. The van der Waals surface area contributed by atoms with E-state index in [-0.39, 0.29) is 16.9 Å². The number of anilines is 2. The Balaban J connectivity index is 1.33. The molecule has 2 N–H and O–H groups in total. The van der Waals surface area contributed by atoms with Crippen LogP contribution < -0.4 is 20.3 Å². The van der Waals surface area contributed by atoms with E-state index in [2.05, 4.69) is 10.6 Å². The lowest BCUT2D eigenvalue weighted by atomic mass is 10.1. The minimum Gasteiger partial charge on any atom is -0.494 e. The lowest BCUT2D eigenvalue weighted by Gasteiger charge is -2.16. The van der Waals surface area contributed by atoms with E-state index >= 15 is 0 Å². The van der Waals surface area contributed by atoms with E-state index in [1.807, 2.05) is 55.5 Å². The summed E-state index contributed by atoms with van der Waals surface area (Å²) in [5.74, 6) is 0.417. The van der Waals surface area contributed by atoms with Gasteiger partial charge in [0.15, 0.2) is 5.11 Å². The first-order valence-corrected chi connectivity index (χ1v) is 10.8. The molecule has 32 heavy (non-hydrogen) atoms. The molecule has 0 aliphatic carbocycles. The average Bonchev–Trinajstić information content (AvgIpc) is 3.15. The molecule has 4 rings (SSSR count). The van der Waals surface area contributed by atoms with Crippen LogP contribution in [0.25, 0.3) is 0 Å². The van der Waals surface area contributed by atoms with Gasteiger partial charge in [-0.05, 0) is 78.8 Å². The molecule has 0 fully saturated rings. The van der Waals surface area contributed by atoms with E-state index in [1.54, 1.807) is 29.2 Å². The Bertz CT molecular complexity index is 1140. The standard InChI is InChI=1S/C25H23N3O3S/c1-2-15-31-21-13-7-17(8-14-21)23(29)27-25(32)26-19-9-11-20(12-10-19)28-16-18-5-3-4-6-22(18)24(28)30/h3-14H,2,15-16H2,1H3,(H2,26,27,29,32). The van der Waals surface area contributed by atoms with Gasteiger partial charge in [0.1, 0.15) is 5.75 Å². The fourth-order valence-electron chi connectivity index (χ4n) is 3.45. The van der Waals surface area contributed by atoms with Crippen LogP contribution >= 0.6 is 12.2 Å². The summed E-state index contributed by atoms with van der Waals surface area (Å²) in [5.41, 5.74) is 3.76. The second kappa shape index (κ2) is 9.62. The topological polar surface area (TPSA) is 70.7 Å². The van der Waals surface area contributed by atoms with Crippen molar-refractivity contribution in [3.8, 4) is 5.75 Å². The number of rotatable bonds is 6. The van der Waals surface area contributed by atoms with Crippen molar-refractivity contribution in [3.05, 3.63) is 89.5 Å². The van der Waals surface area contributed by atoms with Crippen LogP contribution in [0.15, 0.2) is 72.8 Å². The molecule has 1 heterocycles. The van der Waals surface area contributed by atoms with E-state index in [9.17, 15) is 9.59 Å². The van der Waals surface area contributed by atoms with Gasteiger partial charge in [0, 0.05) is 22.5 Å². The Hall–Kier alpha value is -3.71. The van der Waals surface area contributed by atoms with E-state index in [0.29, 0.717) is 24.4 Å². The zero-order valence-corrected chi connectivity index (χ0v) is 18.4. The van der Waals surface area contributed by atoms with E-state index in [1.165, 1.54) is 0 Å². The molecule has 1 aliphatic heterocycles. The van der Waals surface area contributed by atoms with Gasteiger partial charge in [-0.1, -0.05) is 25.1 Å². The zero-order chi connectivity index (χ0) is 22.5. The van der Waals surface area contributed by atoms with Crippen LogP contribution in [-0.2, 0) is 6.54 Å². The Labute approximate surface area is 192 Å². The predicted molar refractivity (Wildman–Crippen MR) is 129 cm³/mol. The second-order valence-corrected chi connectivity index (χ2v) is 7.78. The third-order valence-electron chi connectivity index (χ3n) is 5.07. The van der Waals surface area contributed by atoms with Gasteiger partial charge < -0.3 is 15.0 Å². The minimum absolute atomic E-state index is 0.00444. The maximum absolute atomic E-state index is 12.6. The number of carbonyl (C=O) groups is 2. The van der Waals surface area contributed by atoms with Gasteiger partial charge in [-0.2, -0.15) is 0 Å². The summed E-state index contributed by atoms with van der Waals surface area (Å²) in [6, 6.07) is 21.9. The van der Waals surface area contributed by atoms with Gasteiger partial charge in [0.25, 0.3) is 11.8 Å². The monoisotopic (exact) mass is 445 g/mol. The molecule has 0 bridgehead atoms. The lowest BCUT2D eigenvalue weighted by Crippen LogP contribution is -2.34. The van der Waals surface area contributed by atoms with Crippen LogP contribution in [0.1, 0.15) is 39.6 Å². The van der Waals surface area contributed by atoms with Crippen molar-refractivity contribution >= 4 is 40.5 Å². The largest absolute Gasteiger partial charge is 0.494 e. The molecule has 1 aliphatic rings. The molecule has 0 atom stereocenters. The van der Waals surface area contributed by atoms with Crippen molar-refractivity contribution in [2.45, 2.75) is 19.9 Å². The van der Waals surface area contributed by atoms with Crippen molar-refractivity contribution in [3.63, 3.8) is 0 Å². The number of hydrogen-bond donors (Lipinski definition) is 2. The highest BCUT2D eigenvalue weighted by Gasteiger charge is 2.27. The Kier molecular flexibility index (Phi) is 6.47. The molecule has 0 radical (unpaired) electrons. The summed E-state index contributed by atoms with van der Waals surface area (Å²) >= 11 is 5.27. The number of hydrogen-bond acceptors (Lipinski definition) is 4. The molecule has 3 aromatic rings. The van der Waals surface area contributed by atoms with E-state index in [0.717, 1.165) is 29.0 Å². The van der Waals surface area contributed by atoms with Gasteiger partial charge in [0.2, 0.25) is 0 Å². The molecule has 162 valence electrons. The van der Waals surface area contributed by atoms with Crippen LogP contribution in [0.4, 0.5) is 11.4 Å². The molecule has 2 amide bonds. The highest BCUT2D eigenvalue weighted by molar-refractivity contribution is 7.80. The molecule has 6 nitrogen and oxygen atoms in total. The average molecular weight is 446 g/mol. The summed E-state index contributed by atoms with van der Waals surface area (Å²) in [5, 5.41) is 5.86. The number of carbonyl (C=O) groups excluding carboxylic acids is 2. The number of ether oxygens (including phenoxy) is 1. The highest BCUT2D eigenvalue weighted by atomic mass is 32.1. The molecular formula is C25H23N3O3S. The number of amides is 2. The van der Waals surface area contributed by atoms with Crippen LogP contribution in [0, 0.1) is 0 Å². The maximum atomic E-state index is 12.6. The van der Waals surface area contributed by atoms with Crippen LogP contribution in [-0.4, -0.2) is 23.5 Å². The van der Waals surface area contributed by atoms with Crippen molar-refractivity contribution < 1.29 is 14.3 Å². The fraction of sp³-hybridized carbons (Fsp3) is 0.160. The first kappa shape index (κ1) is 21.5. The van der Waals surface area contributed by atoms with E-state index < -0.39 is 0 Å². The minimum atomic E-state index is -0.304. The molecule has 0 saturated heterocycles. The molecule has 0 spiro atoms. The first-order chi connectivity index (χ1) is 15.5. The molecular weight excluding hydrogens is 422 g/mol. The van der Waals surface area contributed by atoms with Gasteiger partial charge in [-0.15, -0.1) is 0 Å². The van der Waals surface area contributed by atoms with Gasteiger partial charge >= 0.3 is 0 Å². The van der Waals surface area contributed by atoms with E-state index in [4.69, 9.17) is 17.0 Å². The predicted octanol–water partition coefficient (Wildman–Crippen LogP) is 4.76. The number of nitrogens with one attached hydrogen (secondary N) is 2. The van der Waals surface area contributed by atoms with Crippen LogP contribution in [0.5, 0.6) is 5.75 Å². The van der Waals surface area contributed by atoms with Crippen LogP contribution in [0.3, 0.4) is 0 Å². The maximum Gasteiger partial charge on any atom is 0.258 e. The summed E-state index contributed by atoms with van der Waals surface area (Å²) in [6.45, 7) is 3.23. The third-order valence-corrected chi connectivity index (χ3v) is 5.28. The Morgan fingerprint density at radius 1 is 1.03 bits per heavy atom. The van der Waals surface area contributed by atoms with Gasteiger partial charge in [-0.25, -0.2) is 0 Å². The lowest BCUT2D eigenvalue weighted by molar-refractivity contribution is 0.0974. The zero-order valence-electron chi connectivity index (χ0n) is 17.6. The number of benzene rings is 3. The first-order valence-electron chi connectivity index (χ1n) is 10.4. The number of nitrogens with zero attached hydrogens (tertiary/aromatic N) is 1. The van der Waals surface area contributed by atoms with Crippen molar-refractivity contribution in [2.24, 2.45) is 0 Å². The number of fused-ring (bicyclic) bond motifs is 1. The molecule has 3 aromatic carbocycles. The van der Waals surface area contributed by atoms with Crippen molar-refractivity contribution in [1.29, 1.82) is 0 Å². The summed E-state index contributed by atoms with van der Waals surface area (Å²) in [6.07, 6.45) is 0.922. The molecule has 7 heteroatoms. The summed E-state index contributed by atoms with van der Waals surface area (Å²) in [4.78, 5) is 26.8. The quantitative estimate of drug-likeness (QED) is 0.535. The highest BCUT2D eigenvalue weighted by Crippen LogP contribution is 2.28. The Morgan fingerprint density at radius 3 is 2.44 bits per heavy atom. The normalized spacial score (nSPS) is 12.3. The van der Waals surface area contributed by atoms with Crippen LogP contribution in [0.2, 0.25) is 0 Å². The molecule has 0 aromatic heterocycles. The molecule has 0 unspecified atom stereocenters.